The maximum Gasteiger partial charge on any atom is 0.205 e. The molecule has 1 aliphatic carbocycles. The number of nitrogens with zero attached hydrogens (tertiary/aromatic N) is 4. The lowest BCUT2D eigenvalue weighted by molar-refractivity contribution is -0.119. The van der Waals surface area contributed by atoms with Crippen LogP contribution in [0.5, 0.6) is 5.75 Å². The zero-order valence-electron chi connectivity index (χ0n) is 20.9. The third kappa shape index (κ3) is 6.54. The number of carbonyl (C=O) groups is 1. The van der Waals surface area contributed by atoms with Crippen molar-refractivity contribution in [2.75, 3.05) is 29.9 Å². The fourth-order valence-corrected chi connectivity index (χ4v) is 4.51. The average molecular weight is 495 g/mol. The Morgan fingerprint density at radius 3 is 2.51 bits per heavy atom. The Balaban J connectivity index is 1.63. The molecule has 2 N–H and O–H groups in total. The van der Waals surface area contributed by atoms with Gasteiger partial charge in [-0.25, -0.2) is 9.97 Å². The SMILES string of the molecule is CCCOc1c(Nc2cc(C)[nH]n2)nc(Sc2ccc(CC(=O)C3CC3)cc2)nc1N(CC)CC. The molecule has 0 radical (unpaired) electrons. The Hall–Kier alpha value is -3.07. The van der Waals surface area contributed by atoms with Crippen LogP contribution >= 0.6 is 11.8 Å². The number of anilines is 3. The van der Waals surface area contributed by atoms with Crippen molar-refractivity contribution < 1.29 is 9.53 Å². The van der Waals surface area contributed by atoms with Gasteiger partial charge in [0.25, 0.3) is 0 Å². The molecule has 0 atom stereocenters. The minimum atomic E-state index is 0.286. The smallest absolute Gasteiger partial charge is 0.205 e. The highest BCUT2D eigenvalue weighted by molar-refractivity contribution is 7.99. The number of aromatic amines is 1. The van der Waals surface area contributed by atoms with Gasteiger partial charge in [-0.15, -0.1) is 0 Å². The van der Waals surface area contributed by atoms with E-state index in [9.17, 15) is 4.79 Å². The van der Waals surface area contributed by atoms with E-state index in [-0.39, 0.29) is 5.92 Å². The van der Waals surface area contributed by atoms with E-state index in [2.05, 4.69) is 41.2 Å². The number of carbonyl (C=O) groups excluding carboxylic acids is 1. The predicted octanol–water partition coefficient (Wildman–Crippen LogP) is 5.56. The van der Waals surface area contributed by atoms with E-state index < -0.39 is 0 Å². The normalized spacial score (nSPS) is 13.0. The van der Waals surface area contributed by atoms with Gasteiger partial charge < -0.3 is 15.0 Å². The standard InChI is InChI=1S/C26H34N6O2S/c1-5-14-34-23-24(27-22-15-17(4)30-31-22)28-26(29-25(23)32(6-2)7-3)35-20-12-8-18(9-13-20)16-21(33)19-10-11-19/h8-9,12-13,15,19H,5-7,10-11,14,16H2,1-4H3,(H2,27,28,29,30,31). The molecule has 8 nitrogen and oxygen atoms in total. The molecule has 0 spiro atoms. The topological polar surface area (TPSA) is 96.0 Å². The van der Waals surface area contributed by atoms with Gasteiger partial charge in [0.05, 0.1) is 6.61 Å². The molecule has 0 saturated heterocycles. The molecule has 9 heteroatoms. The fourth-order valence-electron chi connectivity index (χ4n) is 3.76. The summed E-state index contributed by atoms with van der Waals surface area (Å²) in [6.07, 6.45) is 3.49. The van der Waals surface area contributed by atoms with Gasteiger partial charge in [-0.3, -0.25) is 9.89 Å². The first-order valence-corrected chi connectivity index (χ1v) is 13.2. The summed E-state index contributed by atoms with van der Waals surface area (Å²) in [4.78, 5) is 25.1. The molecule has 0 unspecified atom stereocenters. The zero-order chi connectivity index (χ0) is 24.8. The van der Waals surface area contributed by atoms with Gasteiger partial charge in [0, 0.05) is 42.1 Å². The number of hydrogen-bond donors (Lipinski definition) is 2. The zero-order valence-corrected chi connectivity index (χ0v) is 21.7. The van der Waals surface area contributed by atoms with Crippen LogP contribution in [0.4, 0.5) is 17.5 Å². The van der Waals surface area contributed by atoms with Gasteiger partial charge in [-0.2, -0.15) is 5.10 Å². The Labute approximate surface area is 211 Å². The van der Waals surface area contributed by atoms with Gasteiger partial charge in [0.1, 0.15) is 5.78 Å². The van der Waals surface area contributed by atoms with Gasteiger partial charge in [-0.05, 0) is 69.5 Å². The predicted molar refractivity (Wildman–Crippen MR) is 140 cm³/mol. The van der Waals surface area contributed by atoms with Crippen LogP contribution in [-0.4, -0.2) is 45.6 Å². The molecule has 1 fully saturated rings. The average Bonchev–Trinajstić information content (AvgIpc) is 3.63. The second-order valence-corrected chi connectivity index (χ2v) is 9.79. The summed E-state index contributed by atoms with van der Waals surface area (Å²) in [6.45, 7) is 10.4. The molecule has 4 rings (SSSR count). The highest BCUT2D eigenvalue weighted by atomic mass is 32.2. The molecule has 3 aromatic rings. The molecule has 0 amide bonds. The van der Waals surface area contributed by atoms with E-state index in [1.807, 2.05) is 37.3 Å². The van der Waals surface area contributed by atoms with Crippen molar-refractivity contribution >= 4 is 35.0 Å². The minimum Gasteiger partial charge on any atom is -0.486 e. The maximum atomic E-state index is 12.1. The summed E-state index contributed by atoms with van der Waals surface area (Å²) in [5.74, 6) is 3.31. The van der Waals surface area contributed by atoms with Crippen LogP contribution in [0.1, 0.15) is 51.3 Å². The van der Waals surface area contributed by atoms with Crippen LogP contribution < -0.4 is 15.0 Å². The van der Waals surface area contributed by atoms with Crippen molar-refractivity contribution in [2.45, 2.75) is 63.4 Å². The van der Waals surface area contributed by atoms with Crippen molar-refractivity contribution in [3.8, 4) is 5.75 Å². The quantitative estimate of drug-likeness (QED) is 0.298. The van der Waals surface area contributed by atoms with Crippen molar-refractivity contribution in [1.29, 1.82) is 0 Å². The third-order valence-electron chi connectivity index (χ3n) is 5.84. The Morgan fingerprint density at radius 1 is 1.17 bits per heavy atom. The molecule has 0 bridgehead atoms. The number of nitrogens with one attached hydrogen (secondary N) is 2. The molecular formula is C26H34N6O2S. The van der Waals surface area contributed by atoms with Crippen LogP contribution in [0.3, 0.4) is 0 Å². The van der Waals surface area contributed by atoms with Crippen LogP contribution in [0, 0.1) is 12.8 Å². The molecule has 1 aliphatic rings. The number of ether oxygens (including phenoxy) is 1. The number of ketones is 1. The lowest BCUT2D eigenvalue weighted by Crippen LogP contribution is -2.25. The Kier molecular flexibility index (Phi) is 8.28. The molecule has 0 aliphatic heterocycles. The fraction of sp³-hybridized carbons (Fsp3) is 0.462. The Bertz CT molecular complexity index is 1140. The number of rotatable bonds is 13. The third-order valence-corrected chi connectivity index (χ3v) is 6.71. The number of aromatic nitrogens is 4. The number of H-pyrrole nitrogens is 1. The lowest BCUT2D eigenvalue weighted by atomic mass is 10.1. The summed E-state index contributed by atoms with van der Waals surface area (Å²) in [5.41, 5.74) is 2.01. The minimum absolute atomic E-state index is 0.286. The second-order valence-electron chi connectivity index (χ2n) is 8.75. The van der Waals surface area contributed by atoms with E-state index in [1.165, 1.54) is 11.8 Å². The van der Waals surface area contributed by atoms with E-state index in [1.54, 1.807) is 0 Å². The van der Waals surface area contributed by atoms with Crippen LogP contribution in [0.15, 0.2) is 40.4 Å². The molecular weight excluding hydrogens is 460 g/mol. The molecule has 1 saturated carbocycles. The monoisotopic (exact) mass is 494 g/mol. The van der Waals surface area contributed by atoms with Crippen molar-refractivity contribution in [3.63, 3.8) is 0 Å². The number of hydrogen-bond acceptors (Lipinski definition) is 8. The first kappa shape index (κ1) is 25.0. The molecule has 1 aromatic carbocycles. The molecule has 35 heavy (non-hydrogen) atoms. The van der Waals surface area contributed by atoms with Gasteiger partial charge in [0.15, 0.2) is 22.6 Å². The van der Waals surface area contributed by atoms with Crippen LogP contribution in [0.25, 0.3) is 0 Å². The summed E-state index contributed by atoms with van der Waals surface area (Å²) in [7, 11) is 0. The van der Waals surface area contributed by atoms with Crippen molar-refractivity contribution in [1.82, 2.24) is 20.2 Å². The molecule has 186 valence electrons. The van der Waals surface area contributed by atoms with E-state index in [0.717, 1.165) is 54.3 Å². The van der Waals surface area contributed by atoms with Crippen LogP contribution in [0.2, 0.25) is 0 Å². The van der Waals surface area contributed by atoms with E-state index in [0.29, 0.717) is 41.4 Å². The van der Waals surface area contributed by atoms with E-state index in [4.69, 9.17) is 14.7 Å². The number of Topliss-reactive ketones (excluding diaryl/α,β-unsaturated/α-hetero) is 1. The summed E-state index contributed by atoms with van der Waals surface area (Å²) in [5, 5.41) is 11.2. The maximum absolute atomic E-state index is 12.1. The van der Waals surface area contributed by atoms with Gasteiger partial charge in [-0.1, -0.05) is 19.1 Å². The number of aryl methyl sites for hydroxylation is 1. The van der Waals surface area contributed by atoms with Crippen molar-refractivity contribution in [3.05, 3.63) is 41.6 Å². The largest absolute Gasteiger partial charge is 0.486 e. The summed E-state index contributed by atoms with van der Waals surface area (Å²) >= 11 is 1.49. The summed E-state index contributed by atoms with van der Waals surface area (Å²) < 4.78 is 6.16. The first-order chi connectivity index (χ1) is 17.0. The Morgan fingerprint density at radius 2 is 1.91 bits per heavy atom. The molecule has 2 heterocycles. The van der Waals surface area contributed by atoms with Gasteiger partial charge >= 0.3 is 0 Å². The van der Waals surface area contributed by atoms with E-state index >= 15 is 0 Å². The highest BCUT2D eigenvalue weighted by Gasteiger charge is 2.29. The van der Waals surface area contributed by atoms with Crippen LogP contribution in [-0.2, 0) is 11.2 Å². The number of benzene rings is 1. The first-order valence-electron chi connectivity index (χ1n) is 12.4. The summed E-state index contributed by atoms with van der Waals surface area (Å²) in [6, 6.07) is 10.0. The lowest BCUT2D eigenvalue weighted by Gasteiger charge is -2.24. The van der Waals surface area contributed by atoms with Gasteiger partial charge in [0.2, 0.25) is 5.75 Å². The second kappa shape index (κ2) is 11.6. The van der Waals surface area contributed by atoms with Crippen molar-refractivity contribution in [2.24, 2.45) is 5.92 Å². The highest BCUT2D eigenvalue weighted by Crippen LogP contribution is 2.38. The molecule has 2 aromatic heterocycles.